The average molecular weight is 571 g/mol. The van der Waals surface area contributed by atoms with Crippen molar-refractivity contribution in [2.75, 3.05) is 46.1 Å². The van der Waals surface area contributed by atoms with Gasteiger partial charge in [-0.25, -0.2) is 4.39 Å². The molecule has 2 aromatic carbocycles. The molecule has 1 fully saturated rings. The minimum Gasteiger partial charge on any atom is -0.497 e. The van der Waals surface area contributed by atoms with Crippen LogP contribution in [0, 0.1) is 5.82 Å². The fourth-order valence-corrected chi connectivity index (χ4v) is 6.74. The summed E-state index contributed by atoms with van der Waals surface area (Å²) >= 11 is 8.32. The van der Waals surface area contributed by atoms with E-state index in [1.165, 1.54) is 18.2 Å². The molecule has 0 saturated carbocycles. The van der Waals surface area contributed by atoms with Crippen molar-refractivity contribution >= 4 is 45.2 Å². The Labute approximate surface area is 236 Å². The monoisotopic (exact) mass is 570 g/mol. The number of carbonyl (C=O) groups excluding carboxylic acids is 1. The summed E-state index contributed by atoms with van der Waals surface area (Å²) in [6.45, 7) is 3.77. The quantitative estimate of drug-likeness (QED) is 0.420. The second kappa shape index (κ2) is 12.1. The molecule has 2 N–H and O–H groups in total. The number of likely N-dealkylation sites (tertiary alicyclic amines) is 1. The molecule has 39 heavy (non-hydrogen) atoms. The van der Waals surface area contributed by atoms with Gasteiger partial charge in [0.05, 0.1) is 23.2 Å². The maximum absolute atomic E-state index is 13.7. The Hall–Kier alpha value is -2.85. The molecule has 1 amide bonds. The number of aromatic nitrogens is 1. The number of piperidine rings is 1. The van der Waals surface area contributed by atoms with Gasteiger partial charge in [0.2, 0.25) is 0 Å². The van der Waals surface area contributed by atoms with Crippen molar-refractivity contribution in [1.29, 1.82) is 0 Å². The first-order valence-corrected chi connectivity index (χ1v) is 14.4. The van der Waals surface area contributed by atoms with E-state index in [0.29, 0.717) is 41.0 Å². The molecule has 1 saturated heterocycles. The van der Waals surface area contributed by atoms with Gasteiger partial charge in [0, 0.05) is 66.5 Å². The van der Waals surface area contributed by atoms with Crippen LogP contribution in [0.3, 0.4) is 0 Å². The number of methoxy groups -OCH3 is 1. The lowest BCUT2D eigenvalue weighted by Crippen LogP contribution is -2.44. The second-order valence-corrected chi connectivity index (χ2v) is 11.2. The Morgan fingerprint density at radius 1 is 1.15 bits per heavy atom. The number of nitrogens with one attached hydrogen (secondary N) is 2. The lowest BCUT2D eigenvalue weighted by molar-refractivity contribution is 0.0964. The highest BCUT2D eigenvalue weighted by Gasteiger charge is 2.23. The minimum atomic E-state index is -0.288. The van der Waals surface area contributed by atoms with Crippen molar-refractivity contribution in [3.63, 3.8) is 0 Å². The van der Waals surface area contributed by atoms with Gasteiger partial charge in [0.15, 0.2) is 0 Å². The third-order valence-electron chi connectivity index (χ3n) is 7.51. The van der Waals surface area contributed by atoms with Crippen molar-refractivity contribution in [1.82, 2.24) is 20.1 Å². The molecular weight excluding hydrogens is 539 g/mol. The number of hydrogen-bond donors (Lipinski definition) is 2. The predicted octanol–water partition coefficient (Wildman–Crippen LogP) is 4.32. The molecule has 0 spiro atoms. The van der Waals surface area contributed by atoms with E-state index < -0.39 is 0 Å². The highest BCUT2D eigenvalue weighted by Crippen LogP contribution is 2.39. The van der Waals surface area contributed by atoms with Crippen LogP contribution in [0.2, 0.25) is 0 Å². The van der Waals surface area contributed by atoms with Crippen molar-refractivity contribution in [2.24, 2.45) is 0 Å². The van der Waals surface area contributed by atoms with Gasteiger partial charge in [-0.15, -0.1) is 11.8 Å². The van der Waals surface area contributed by atoms with Crippen LogP contribution in [0.5, 0.6) is 5.75 Å². The largest absolute Gasteiger partial charge is 0.497 e. The van der Waals surface area contributed by atoms with Crippen LogP contribution in [0.4, 0.5) is 4.39 Å². The molecule has 3 aromatic rings. The van der Waals surface area contributed by atoms with Gasteiger partial charge in [-0.1, -0.05) is 11.6 Å². The molecule has 0 atom stereocenters. The number of fused-ring (bicyclic) bond motifs is 2. The van der Waals surface area contributed by atoms with E-state index in [1.807, 2.05) is 12.1 Å². The Bertz CT molecular complexity index is 1480. The summed E-state index contributed by atoms with van der Waals surface area (Å²) < 4.78 is 20.8. The van der Waals surface area contributed by atoms with E-state index in [9.17, 15) is 14.0 Å². The van der Waals surface area contributed by atoms with Crippen LogP contribution in [-0.4, -0.2) is 67.5 Å². The van der Waals surface area contributed by atoms with Crippen LogP contribution in [0.1, 0.15) is 28.8 Å². The number of ether oxygens (including phenoxy) is 1. The molecule has 7 nitrogen and oxygen atoms in total. The molecule has 2 aliphatic rings. The van der Waals surface area contributed by atoms with Crippen LogP contribution < -0.4 is 20.9 Å². The number of carbonyl (C=O) groups is 1. The molecule has 5 rings (SSSR count). The number of thioether (sulfide) groups is 1. The van der Waals surface area contributed by atoms with Crippen LogP contribution in [0.25, 0.3) is 15.9 Å². The lowest BCUT2D eigenvalue weighted by atomic mass is 10.0. The lowest BCUT2D eigenvalue weighted by Gasteiger charge is -2.33. The Kier molecular flexibility index (Phi) is 8.61. The molecule has 206 valence electrons. The smallest absolute Gasteiger partial charge is 0.251 e. The average Bonchev–Trinajstić information content (AvgIpc) is 2.96. The molecule has 0 unspecified atom stereocenters. The number of pyridine rings is 1. The van der Waals surface area contributed by atoms with E-state index >= 15 is 0 Å². The van der Waals surface area contributed by atoms with Crippen molar-refractivity contribution in [3.05, 3.63) is 75.3 Å². The summed E-state index contributed by atoms with van der Waals surface area (Å²) in [7, 11) is 3.14. The van der Waals surface area contributed by atoms with Gasteiger partial charge in [-0.3, -0.25) is 9.59 Å². The third kappa shape index (κ3) is 6.01. The SMILES string of the molecule is CNC(=O)c1cc(=O)n(CCN2CCC(NCC3=C(Cl)c4cc(F)ccc4SC3)CC2)c2cc(OC)ccc12. The highest BCUT2D eigenvalue weighted by molar-refractivity contribution is 7.99. The topological polar surface area (TPSA) is 75.6 Å². The summed E-state index contributed by atoms with van der Waals surface area (Å²) in [5.74, 6) is 0.877. The van der Waals surface area contributed by atoms with Crippen molar-refractivity contribution < 1.29 is 13.9 Å². The van der Waals surface area contributed by atoms with Crippen LogP contribution in [0.15, 0.2) is 57.7 Å². The molecular formula is C29H32ClFN4O3S. The van der Waals surface area contributed by atoms with E-state index in [4.69, 9.17) is 16.3 Å². The number of halogens is 2. The minimum absolute atomic E-state index is 0.206. The number of benzene rings is 2. The molecule has 0 radical (unpaired) electrons. The summed E-state index contributed by atoms with van der Waals surface area (Å²) in [5, 5.41) is 7.64. The van der Waals surface area contributed by atoms with Crippen molar-refractivity contribution in [2.45, 2.75) is 30.3 Å². The van der Waals surface area contributed by atoms with Crippen LogP contribution in [-0.2, 0) is 6.54 Å². The first kappa shape index (κ1) is 27.7. The van der Waals surface area contributed by atoms with Crippen LogP contribution >= 0.6 is 23.4 Å². The van der Waals surface area contributed by atoms with E-state index in [-0.39, 0.29) is 17.3 Å². The van der Waals surface area contributed by atoms with Gasteiger partial charge in [-0.05, 0) is 61.8 Å². The predicted molar refractivity (Wildman–Crippen MR) is 156 cm³/mol. The van der Waals surface area contributed by atoms with E-state index in [1.54, 1.807) is 42.6 Å². The zero-order valence-electron chi connectivity index (χ0n) is 22.1. The third-order valence-corrected chi connectivity index (χ3v) is 9.14. The molecule has 0 bridgehead atoms. The summed E-state index contributed by atoms with van der Waals surface area (Å²) in [6, 6.07) is 12.0. The molecule has 2 aliphatic heterocycles. The summed E-state index contributed by atoms with van der Waals surface area (Å²) in [5.41, 5.74) is 2.73. The van der Waals surface area contributed by atoms with E-state index in [0.717, 1.165) is 59.6 Å². The first-order valence-electron chi connectivity index (χ1n) is 13.1. The second-order valence-electron chi connectivity index (χ2n) is 9.85. The maximum Gasteiger partial charge on any atom is 0.251 e. The highest BCUT2D eigenvalue weighted by atomic mass is 35.5. The summed E-state index contributed by atoms with van der Waals surface area (Å²) in [6.07, 6.45) is 1.98. The molecule has 10 heteroatoms. The molecule has 0 aliphatic carbocycles. The zero-order chi connectivity index (χ0) is 27.5. The van der Waals surface area contributed by atoms with Gasteiger partial charge in [0.25, 0.3) is 11.5 Å². The fourth-order valence-electron chi connectivity index (χ4n) is 5.26. The normalized spacial score (nSPS) is 16.4. The number of nitrogens with zero attached hydrogens (tertiary/aromatic N) is 2. The maximum atomic E-state index is 13.7. The standard InChI is InChI=1S/C29H32ClFN4O3S/c1-32-29(37)23-15-27(36)35(25-14-21(38-2)4-5-22(23)25)12-11-34-9-7-20(8-10-34)33-16-18-17-39-26-6-3-19(31)13-24(26)28(18)30/h3-6,13-15,20,33H,7-12,16-17H2,1-2H3,(H,32,37). The zero-order valence-corrected chi connectivity index (χ0v) is 23.6. The Morgan fingerprint density at radius 3 is 2.69 bits per heavy atom. The Balaban J connectivity index is 1.20. The first-order chi connectivity index (χ1) is 18.9. The molecule has 3 heterocycles. The molecule has 1 aromatic heterocycles. The van der Waals surface area contributed by atoms with Gasteiger partial charge in [-0.2, -0.15) is 0 Å². The van der Waals surface area contributed by atoms with Gasteiger partial charge in [0.1, 0.15) is 11.6 Å². The number of rotatable bonds is 8. The van der Waals surface area contributed by atoms with Gasteiger partial charge < -0.3 is 24.8 Å². The van der Waals surface area contributed by atoms with Gasteiger partial charge >= 0.3 is 0 Å². The Morgan fingerprint density at radius 2 is 1.95 bits per heavy atom. The van der Waals surface area contributed by atoms with Crippen molar-refractivity contribution in [3.8, 4) is 5.75 Å². The van der Waals surface area contributed by atoms with E-state index in [2.05, 4.69) is 15.5 Å². The summed E-state index contributed by atoms with van der Waals surface area (Å²) in [4.78, 5) is 28.8. The number of hydrogen-bond acceptors (Lipinski definition) is 6. The number of amides is 1. The fraction of sp³-hybridized carbons (Fsp3) is 0.379.